The molecule has 4 aromatic rings. The van der Waals surface area contributed by atoms with Crippen LogP contribution >= 0.6 is 11.3 Å². The van der Waals surface area contributed by atoms with Crippen molar-refractivity contribution in [3.05, 3.63) is 75.1 Å². The molecule has 0 saturated carbocycles. The highest BCUT2D eigenvalue weighted by Gasteiger charge is 2.16. The molecular formula is C24H22N4O5S. The van der Waals surface area contributed by atoms with Crippen LogP contribution in [0.25, 0.3) is 4.96 Å². The van der Waals surface area contributed by atoms with E-state index in [4.69, 9.17) is 14.2 Å². The molecule has 0 spiro atoms. The van der Waals surface area contributed by atoms with E-state index >= 15 is 0 Å². The molecule has 0 aliphatic carbocycles. The first-order valence-electron chi connectivity index (χ1n) is 10.9. The van der Waals surface area contributed by atoms with E-state index in [0.29, 0.717) is 39.2 Å². The van der Waals surface area contributed by atoms with Gasteiger partial charge in [-0.2, -0.15) is 9.61 Å². The van der Waals surface area contributed by atoms with Gasteiger partial charge in [-0.3, -0.25) is 9.59 Å². The minimum absolute atomic E-state index is 0.119. The molecule has 0 saturated heterocycles. The summed E-state index contributed by atoms with van der Waals surface area (Å²) in [5.74, 6) is 1.43. The molecule has 174 valence electrons. The van der Waals surface area contributed by atoms with Crippen LogP contribution in [0, 0.1) is 0 Å². The van der Waals surface area contributed by atoms with Crippen molar-refractivity contribution in [1.29, 1.82) is 0 Å². The van der Waals surface area contributed by atoms with E-state index in [1.807, 2.05) is 0 Å². The van der Waals surface area contributed by atoms with E-state index in [1.54, 1.807) is 42.5 Å². The first-order valence-corrected chi connectivity index (χ1v) is 11.7. The van der Waals surface area contributed by atoms with Gasteiger partial charge in [0.15, 0.2) is 11.5 Å². The third-order valence-electron chi connectivity index (χ3n) is 5.20. The Hall–Kier alpha value is -3.92. The molecular weight excluding hydrogens is 456 g/mol. The zero-order valence-electron chi connectivity index (χ0n) is 18.4. The number of nitrogens with one attached hydrogen (secondary N) is 1. The van der Waals surface area contributed by atoms with Crippen molar-refractivity contribution in [2.45, 2.75) is 32.8 Å². The summed E-state index contributed by atoms with van der Waals surface area (Å²) >= 11 is 1.42. The largest absolute Gasteiger partial charge is 0.487 e. The molecule has 0 fully saturated rings. The molecule has 2 aromatic heterocycles. The number of hydrogen-bond donors (Lipinski definition) is 1. The Morgan fingerprint density at radius 3 is 2.94 bits per heavy atom. The minimum Gasteiger partial charge on any atom is -0.487 e. The van der Waals surface area contributed by atoms with Crippen LogP contribution in [0.1, 0.15) is 40.8 Å². The SMILES string of the molecule is CCCCc1nn2c(=O)cc(COc3cccc(NC(=O)c4ccc5c(c4)OCO5)c3)nc2s1. The molecule has 0 unspecified atom stereocenters. The smallest absolute Gasteiger partial charge is 0.275 e. The van der Waals surface area contributed by atoms with Crippen LogP contribution in [0.3, 0.4) is 0 Å². The highest BCUT2D eigenvalue weighted by atomic mass is 32.1. The zero-order valence-corrected chi connectivity index (χ0v) is 19.3. The molecule has 1 aliphatic rings. The lowest BCUT2D eigenvalue weighted by atomic mass is 10.2. The Bertz CT molecular complexity index is 1410. The summed E-state index contributed by atoms with van der Waals surface area (Å²) in [5.41, 5.74) is 1.32. The van der Waals surface area contributed by atoms with Gasteiger partial charge in [0.2, 0.25) is 11.8 Å². The van der Waals surface area contributed by atoms with Gasteiger partial charge < -0.3 is 19.5 Å². The van der Waals surface area contributed by atoms with Crippen molar-refractivity contribution in [2.75, 3.05) is 12.1 Å². The molecule has 0 bridgehead atoms. The van der Waals surface area contributed by atoms with Gasteiger partial charge in [-0.15, -0.1) is 0 Å². The number of rotatable bonds is 8. The predicted molar refractivity (Wildman–Crippen MR) is 127 cm³/mol. The highest BCUT2D eigenvalue weighted by Crippen LogP contribution is 2.32. The number of amides is 1. The van der Waals surface area contributed by atoms with E-state index < -0.39 is 0 Å². The van der Waals surface area contributed by atoms with Crippen LogP contribution in [0.2, 0.25) is 0 Å². The third kappa shape index (κ3) is 4.72. The van der Waals surface area contributed by atoms with Crippen LogP contribution in [0.5, 0.6) is 17.2 Å². The van der Waals surface area contributed by atoms with E-state index in [9.17, 15) is 9.59 Å². The third-order valence-corrected chi connectivity index (χ3v) is 6.17. The fraction of sp³-hybridized carbons (Fsp3) is 0.250. The summed E-state index contributed by atoms with van der Waals surface area (Å²) in [5, 5.41) is 8.11. The summed E-state index contributed by atoms with van der Waals surface area (Å²) in [6.07, 6.45) is 2.92. The number of carbonyl (C=O) groups is 1. The number of ether oxygens (including phenoxy) is 3. The highest BCUT2D eigenvalue weighted by molar-refractivity contribution is 7.16. The number of aromatic nitrogens is 3. The van der Waals surface area contributed by atoms with Crippen LogP contribution in [0.15, 0.2) is 53.3 Å². The van der Waals surface area contributed by atoms with Crippen molar-refractivity contribution in [3.8, 4) is 17.2 Å². The van der Waals surface area contributed by atoms with Gasteiger partial charge >= 0.3 is 0 Å². The van der Waals surface area contributed by atoms with E-state index in [0.717, 1.165) is 24.3 Å². The molecule has 9 nitrogen and oxygen atoms in total. The number of hydrogen-bond acceptors (Lipinski definition) is 8. The Kier molecular flexibility index (Phi) is 6.13. The number of benzene rings is 2. The Morgan fingerprint density at radius 2 is 2.06 bits per heavy atom. The summed E-state index contributed by atoms with van der Waals surface area (Å²) in [7, 11) is 0. The van der Waals surface area contributed by atoms with E-state index in [1.165, 1.54) is 21.9 Å². The standard InChI is InChI=1S/C24H22N4O5S/c1-2-3-7-21-27-28-22(29)12-17(26-24(28)34-21)13-31-18-6-4-5-16(11-18)25-23(30)15-8-9-19-20(10-15)33-14-32-19/h4-6,8-12H,2-3,7,13-14H2,1H3,(H,25,30). The maximum atomic E-state index is 12.6. The van der Waals surface area contributed by atoms with Gasteiger partial charge in [0.25, 0.3) is 11.5 Å². The van der Waals surface area contributed by atoms with Crippen LogP contribution in [-0.4, -0.2) is 27.3 Å². The molecule has 3 heterocycles. The average molecular weight is 479 g/mol. The normalized spacial score (nSPS) is 12.1. The molecule has 0 atom stereocenters. The summed E-state index contributed by atoms with van der Waals surface area (Å²) in [6.45, 7) is 2.38. The Labute approximate surface area is 198 Å². The lowest BCUT2D eigenvalue weighted by molar-refractivity contribution is 0.102. The fourth-order valence-corrected chi connectivity index (χ4v) is 4.42. The quantitative estimate of drug-likeness (QED) is 0.407. The minimum atomic E-state index is -0.278. The molecule has 2 aromatic carbocycles. The van der Waals surface area contributed by atoms with E-state index in [-0.39, 0.29) is 24.9 Å². The van der Waals surface area contributed by atoms with Crippen LogP contribution < -0.4 is 25.1 Å². The Balaban J connectivity index is 1.25. The molecule has 1 amide bonds. The lowest BCUT2D eigenvalue weighted by Gasteiger charge is -2.09. The second kappa shape index (κ2) is 9.52. The number of unbranched alkanes of at least 4 members (excludes halogenated alkanes) is 1. The van der Waals surface area contributed by atoms with Gasteiger partial charge in [-0.25, -0.2) is 4.98 Å². The first-order chi connectivity index (χ1) is 16.6. The van der Waals surface area contributed by atoms with Gasteiger partial charge in [0, 0.05) is 29.8 Å². The number of nitrogens with zero attached hydrogens (tertiary/aromatic N) is 3. The number of aryl methyl sites for hydroxylation is 1. The van der Waals surface area contributed by atoms with Crippen molar-refractivity contribution in [1.82, 2.24) is 14.6 Å². The maximum Gasteiger partial charge on any atom is 0.275 e. The van der Waals surface area contributed by atoms with Gasteiger partial charge in [-0.05, 0) is 36.8 Å². The van der Waals surface area contributed by atoms with Gasteiger partial charge in [0.05, 0.1) is 5.69 Å². The summed E-state index contributed by atoms with van der Waals surface area (Å²) < 4.78 is 17.8. The second-order valence-electron chi connectivity index (χ2n) is 7.72. The predicted octanol–water partition coefficient (Wildman–Crippen LogP) is 4.05. The molecule has 34 heavy (non-hydrogen) atoms. The molecule has 1 aliphatic heterocycles. The van der Waals surface area contributed by atoms with Crippen molar-refractivity contribution in [3.63, 3.8) is 0 Å². The molecule has 0 radical (unpaired) electrons. The van der Waals surface area contributed by atoms with E-state index in [2.05, 4.69) is 22.3 Å². The monoisotopic (exact) mass is 478 g/mol. The summed E-state index contributed by atoms with van der Waals surface area (Å²) in [6, 6.07) is 13.5. The van der Waals surface area contributed by atoms with Crippen molar-refractivity contribution < 1.29 is 19.0 Å². The van der Waals surface area contributed by atoms with Crippen LogP contribution in [-0.2, 0) is 13.0 Å². The van der Waals surface area contributed by atoms with Crippen molar-refractivity contribution in [2.24, 2.45) is 0 Å². The topological polar surface area (TPSA) is 104 Å². The Morgan fingerprint density at radius 1 is 1.18 bits per heavy atom. The fourth-order valence-electron chi connectivity index (χ4n) is 3.46. The first kappa shape index (κ1) is 21.9. The molecule has 10 heteroatoms. The van der Waals surface area contributed by atoms with Crippen LogP contribution in [0.4, 0.5) is 5.69 Å². The maximum absolute atomic E-state index is 12.6. The number of carbonyl (C=O) groups excluding carboxylic acids is 1. The number of fused-ring (bicyclic) bond motifs is 2. The average Bonchev–Trinajstić information content (AvgIpc) is 3.48. The number of anilines is 1. The lowest BCUT2D eigenvalue weighted by Crippen LogP contribution is -2.16. The van der Waals surface area contributed by atoms with Gasteiger partial charge in [0.1, 0.15) is 17.4 Å². The second-order valence-corrected chi connectivity index (χ2v) is 8.76. The molecule has 1 N–H and O–H groups in total. The van der Waals surface area contributed by atoms with Gasteiger partial charge in [-0.1, -0.05) is 30.7 Å². The molecule has 5 rings (SSSR count). The van der Waals surface area contributed by atoms with Crippen molar-refractivity contribution >= 4 is 27.9 Å². The zero-order chi connectivity index (χ0) is 23.5. The summed E-state index contributed by atoms with van der Waals surface area (Å²) in [4.78, 5) is 30.1.